The zero-order valence-corrected chi connectivity index (χ0v) is 11.7. The van der Waals surface area contributed by atoms with Gasteiger partial charge in [-0.1, -0.05) is 50.6 Å². The average Bonchev–Trinajstić information content (AvgIpc) is 2.38. The van der Waals surface area contributed by atoms with Crippen molar-refractivity contribution in [3.8, 4) is 12.3 Å². The Morgan fingerprint density at radius 2 is 1.89 bits per heavy atom. The first-order chi connectivity index (χ1) is 8.74. The van der Waals surface area contributed by atoms with Crippen molar-refractivity contribution in [3.63, 3.8) is 0 Å². The van der Waals surface area contributed by atoms with E-state index in [1.165, 1.54) is 18.4 Å². The zero-order valence-electron chi connectivity index (χ0n) is 11.7. The van der Waals surface area contributed by atoms with Gasteiger partial charge in [0.2, 0.25) is 0 Å². The molecular formula is C17H25N. The fraction of sp³-hybridized carbons (Fsp3) is 0.529. The Bertz CT molecular complexity index is 348. The third-order valence-electron chi connectivity index (χ3n) is 3.17. The highest BCUT2D eigenvalue weighted by Gasteiger charge is 2.11. The molecule has 1 N–H and O–H groups in total. The number of terminal acetylenes is 1. The lowest BCUT2D eigenvalue weighted by Gasteiger charge is -2.19. The van der Waals surface area contributed by atoms with Gasteiger partial charge < -0.3 is 5.32 Å². The third kappa shape index (κ3) is 5.89. The first kappa shape index (κ1) is 14.8. The largest absolute Gasteiger partial charge is 0.314 e. The summed E-state index contributed by atoms with van der Waals surface area (Å²) in [5.41, 5.74) is 1.44. The molecule has 0 amide bonds. The number of hydrogen-bond donors (Lipinski definition) is 1. The fourth-order valence-electron chi connectivity index (χ4n) is 2.11. The Balaban J connectivity index is 2.50. The van der Waals surface area contributed by atoms with Gasteiger partial charge in [0.25, 0.3) is 0 Å². The maximum absolute atomic E-state index is 5.29. The lowest BCUT2D eigenvalue weighted by molar-refractivity contribution is 0.492. The Hall–Kier alpha value is -1.26. The van der Waals surface area contributed by atoms with E-state index in [0.29, 0.717) is 12.0 Å². The van der Waals surface area contributed by atoms with Gasteiger partial charge in [-0.2, -0.15) is 0 Å². The normalized spacial score (nSPS) is 12.3. The van der Waals surface area contributed by atoms with Gasteiger partial charge in [-0.25, -0.2) is 0 Å². The molecule has 0 spiro atoms. The molecule has 0 aliphatic rings. The van der Waals surface area contributed by atoms with Crippen molar-refractivity contribution in [2.45, 2.75) is 51.5 Å². The number of benzene rings is 1. The molecule has 0 aromatic heterocycles. The topological polar surface area (TPSA) is 12.0 Å². The van der Waals surface area contributed by atoms with Gasteiger partial charge in [0.15, 0.2) is 0 Å². The highest BCUT2D eigenvalue weighted by atomic mass is 14.9. The van der Waals surface area contributed by atoms with Crippen LogP contribution in [-0.4, -0.2) is 12.6 Å². The van der Waals surface area contributed by atoms with E-state index in [0.717, 1.165) is 19.4 Å². The standard InChI is InChI=1S/C17H25N/c1-4-5-6-8-13-17(14-18-15(2)3)16-11-9-7-10-12-16/h1,7,9-12,15,17-18H,5-6,8,13-14H2,2-3H3. The number of hydrogen-bond acceptors (Lipinski definition) is 1. The molecule has 0 saturated heterocycles. The first-order valence-corrected chi connectivity index (χ1v) is 6.96. The van der Waals surface area contributed by atoms with Crippen LogP contribution >= 0.6 is 0 Å². The van der Waals surface area contributed by atoms with Crippen LogP contribution in [0.3, 0.4) is 0 Å². The summed E-state index contributed by atoms with van der Waals surface area (Å²) in [6.07, 6.45) is 9.76. The van der Waals surface area contributed by atoms with E-state index in [2.05, 4.69) is 55.4 Å². The second-order valence-electron chi connectivity index (χ2n) is 5.12. The van der Waals surface area contributed by atoms with E-state index >= 15 is 0 Å². The molecule has 1 rings (SSSR count). The van der Waals surface area contributed by atoms with Crippen LogP contribution in [0.5, 0.6) is 0 Å². The second-order valence-corrected chi connectivity index (χ2v) is 5.12. The molecule has 18 heavy (non-hydrogen) atoms. The molecule has 0 radical (unpaired) electrons. The minimum atomic E-state index is 0.543. The lowest BCUT2D eigenvalue weighted by atomic mass is 9.93. The van der Waals surface area contributed by atoms with E-state index < -0.39 is 0 Å². The van der Waals surface area contributed by atoms with Gasteiger partial charge in [-0.15, -0.1) is 12.3 Å². The highest BCUT2D eigenvalue weighted by Crippen LogP contribution is 2.21. The number of unbranched alkanes of at least 4 members (excludes halogenated alkanes) is 2. The molecule has 98 valence electrons. The summed E-state index contributed by atoms with van der Waals surface area (Å²) in [6, 6.07) is 11.3. The summed E-state index contributed by atoms with van der Waals surface area (Å²) in [4.78, 5) is 0. The molecule has 0 saturated carbocycles. The van der Waals surface area contributed by atoms with Crippen LogP contribution < -0.4 is 5.32 Å². The van der Waals surface area contributed by atoms with Gasteiger partial charge in [0.1, 0.15) is 0 Å². The van der Waals surface area contributed by atoms with Gasteiger partial charge in [-0.3, -0.25) is 0 Å². The SMILES string of the molecule is C#CCCCCC(CNC(C)C)c1ccccc1. The van der Waals surface area contributed by atoms with Gasteiger partial charge >= 0.3 is 0 Å². The van der Waals surface area contributed by atoms with E-state index in [9.17, 15) is 0 Å². The van der Waals surface area contributed by atoms with Gasteiger partial charge in [0.05, 0.1) is 0 Å². The van der Waals surface area contributed by atoms with Gasteiger partial charge in [-0.05, 0) is 24.3 Å². The second kappa shape index (κ2) is 8.78. The smallest absolute Gasteiger partial charge is 0.00860 e. The van der Waals surface area contributed by atoms with Crippen LogP contribution in [-0.2, 0) is 0 Å². The first-order valence-electron chi connectivity index (χ1n) is 6.96. The molecule has 1 heteroatoms. The molecule has 0 heterocycles. The summed E-state index contributed by atoms with van der Waals surface area (Å²) in [5, 5.41) is 3.54. The summed E-state index contributed by atoms with van der Waals surface area (Å²) in [6.45, 7) is 5.44. The molecule has 0 fully saturated rings. The predicted octanol–water partition coefficient (Wildman–Crippen LogP) is 3.96. The van der Waals surface area contributed by atoms with E-state index in [-0.39, 0.29) is 0 Å². The molecule has 0 aliphatic heterocycles. The van der Waals surface area contributed by atoms with E-state index in [4.69, 9.17) is 6.42 Å². The molecule has 1 atom stereocenters. The number of nitrogens with one attached hydrogen (secondary N) is 1. The minimum absolute atomic E-state index is 0.543. The van der Waals surface area contributed by atoms with Crippen LogP contribution in [0.1, 0.15) is 51.0 Å². The summed E-state index contributed by atoms with van der Waals surface area (Å²) < 4.78 is 0. The van der Waals surface area contributed by atoms with Crippen LogP contribution in [0, 0.1) is 12.3 Å². The van der Waals surface area contributed by atoms with Crippen molar-refractivity contribution in [3.05, 3.63) is 35.9 Å². The molecule has 1 nitrogen and oxygen atoms in total. The van der Waals surface area contributed by atoms with Crippen LogP contribution in [0.2, 0.25) is 0 Å². The Labute approximate surface area is 112 Å². The molecule has 0 bridgehead atoms. The summed E-state index contributed by atoms with van der Waals surface area (Å²) >= 11 is 0. The van der Waals surface area contributed by atoms with Crippen molar-refractivity contribution in [1.82, 2.24) is 5.32 Å². The van der Waals surface area contributed by atoms with E-state index in [1.54, 1.807) is 0 Å². The molecule has 1 aromatic rings. The molecule has 0 aliphatic carbocycles. The van der Waals surface area contributed by atoms with Crippen molar-refractivity contribution >= 4 is 0 Å². The average molecular weight is 243 g/mol. The monoisotopic (exact) mass is 243 g/mol. The predicted molar refractivity (Wildman–Crippen MR) is 79.6 cm³/mol. The molecule has 1 unspecified atom stereocenters. The summed E-state index contributed by atoms with van der Waals surface area (Å²) in [7, 11) is 0. The fourth-order valence-corrected chi connectivity index (χ4v) is 2.11. The maximum atomic E-state index is 5.29. The number of rotatable bonds is 8. The third-order valence-corrected chi connectivity index (χ3v) is 3.17. The molecule has 1 aromatic carbocycles. The Morgan fingerprint density at radius 1 is 1.17 bits per heavy atom. The Morgan fingerprint density at radius 3 is 2.50 bits per heavy atom. The van der Waals surface area contributed by atoms with Crippen molar-refractivity contribution in [1.29, 1.82) is 0 Å². The van der Waals surface area contributed by atoms with E-state index in [1.807, 2.05) is 0 Å². The van der Waals surface area contributed by atoms with Crippen LogP contribution in [0.15, 0.2) is 30.3 Å². The maximum Gasteiger partial charge on any atom is 0.00860 e. The molecular weight excluding hydrogens is 218 g/mol. The summed E-state index contributed by atoms with van der Waals surface area (Å²) in [5.74, 6) is 3.32. The quantitative estimate of drug-likeness (QED) is 0.538. The zero-order chi connectivity index (χ0) is 13.2. The van der Waals surface area contributed by atoms with Gasteiger partial charge in [0, 0.05) is 19.0 Å². The lowest BCUT2D eigenvalue weighted by Crippen LogP contribution is -2.28. The minimum Gasteiger partial charge on any atom is -0.314 e. The van der Waals surface area contributed by atoms with Crippen molar-refractivity contribution < 1.29 is 0 Å². The Kier molecular flexibility index (Phi) is 7.22. The van der Waals surface area contributed by atoms with Crippen LogP contribution in [0.25, 0.3) is 0 Å². The highest BCUT2D eigenvalue weighted by molar-refractivity contribution is 5.19. The van der Waals surface area contributed by atoms with Crippen molar-refractivity contribution in [2.24, 2.45) is 0 Å². The van der Waals surface area contributed by atoms with Crippen LogP contribution in [0.4, 0.5) is 0 Å². The van der Waals surface area contributed by atoms with Crippen molar-refractivity contribution in [2.75, 3.05) is 6.54 Å².